The number of nitrogens with zero attached hydrogens (tertiary/aromatic N) is 4. The zero-order chi connectivity index (χ0) is 28.2. The van der Waals surface area contributed by atoms with Crippen molar-refractivity contribution in [3.8, 4) is 11.3 Å². The largest absolute Gasteiger partial charge is 0.481 e. The molecule has 1 N–H and O–H groups in total. The van der Waals surface area contributed by atoms with Gasteiger partial charge in [-0.05, 0) is 80.8 Å². The van der Waals surface area contributed by atoms with E-state index in [1.54, 1.807) is 36.4 Å². The number of anilines is 1. The fraction of sp³-hybridized carbons (Fsp3) is 0.290. The van der Waals surface area contributed by atoms with Gasteiger partial charge in [0.1, 0.15) is 5.82 Å². The zero-order valence-corrected chi connectivity index (χ0v) is 22.9. The van der Waals surface area contributed by atoms with E-state index < -0.39 is 5.97 Å². The van der Waals surface area contributed by atoms with Gasteiger partial charge in [0.2, 0.25) is 0 Å². The molecule has 0 radical (unpaired) electrons. The molecule has 5 rings (SSSR count). The number of carbonyl (C=O) groups excluding carboxylic acids is 1. The van der Waals surface area contributed by atoms with Crippen molar-refractivity contribution >= 4 is 40.2 Å². The first-order valence-corrected chi connectivity index (χ1v) is 13.8. The van der Waals surface area contributed by atoms with Crippen molar-refractivity contribution in [2.75, 3.05) is 24.5 Å². The van der Waals surface area contributed by atoms with Crippen LogP contribution in [-0.4, -0.2) is 57.5 Å². The number of aryl methyl sites for hydroxylation is 1. The molecule has 1 amide bonds. The molecule has 1 atom stereocenters. The van der Waals surface area contributed by atoms with Crippen LogP contribution in [-0.2, 0) is 11.2 Å². The molecule has 2 heterocycles. The number of rotatable bonds is 8. The molecule has 4 aromatic rings. The van der Waals surface area contributed by atoms with E-state index in [1.165, 1.54) is 12.1 Å². The molecule has 0 bridgehead atoms. The summed E-state index contributed by atoms with van der Waals surface area (Å²) in [6, 6.07) is 19.2. The third-order valence-electron chi connectivity index (χ3n) is 7.24. The van der Waals surface area contributed by atoms with E-state index in [1.807, 2.05) is 30.0 Å². The Morgan fingerprint density at radius 2 is 1.73 bits per heavy atom. The summed E-state index contributed by atoms with van der Waals surface area (Å²) in [6.07, 6.45) is 1.86. The maximum Gasteiger partial charge on any atom is 0.303 e. The third kappa shape index (κ3) is 6.23. The van der Waals surface area contributed by atoms with Gasteiger partial charge in [0.05, 0.1) is 22.4 Å². The Hall–Kier alpha value is -4.04. The van der Waals surface area contributed by atoms with Crippen molar-refractivity contribution in [2.24, 2.45) is 0 Å². The lowest BCUT2D eigenvalue weighted by Gasteiger charge is -2.41. The van der Waals surface area contributed by atoms with Crippen molar-refractivity contribution < 1.29 is 19.1 Å². The SMILES string of the molecule is CC1CN(c2ccc(F)cc2)CCN1C(=O)c1ccc2nc(-c3ccc(Cl)cc3)c(CCCCC(=O)O)nc2c1. The number of hydrogen-bond donors (Lipinski definition) is 1. The highest BCUT2D eigenvalue weighted by Crippen LogP contribution is 2.28. The molecular formula is C31H30ClFN4O3. The summed E-state index contributed by atoms with van der Waals surface area (Å²) < 4.78 is 13.3. The number of amides is 1. The lowest BCUT2D eigenvalue weighted by molar-refractivity contribution is -0.137. The van der Waals surface area contributed by atoms with Crippen LogP contribution in [0.2, 0.25) is 5.02 Å². The van der Waals surface area contributed by atoms with Crippen LogP contribution in [0.15, 0.2) is 66.7 Å². The van der Waals surface area contributed by atoms with E-state index in [0.717, 1.165) is 22.6 Å². The highest BCUT2D eigenvalue weighted by molar-refractivity contribution is 6.30. The van der Waals surface area contributed by atoms with Gasteiger partial charge in [-0.25, -0.2) is 14.4 Å². The minimum absolute atomic E-state index is 0.0369. The Morgan fingerprint density at radius 1 is 0.975 bits per heavy atom. The first-order valence-electron chi connectivity index (χ1n) is 13.4. The Balaban J connectivity index is 1.39. The van der Waals surface area contributed by atoms with Crippen LogP contribution in [0.25, 0.3) is 22.3 Å². The molecule has 1 aliphatic rings. The van der Waals surface area contributed by atoms with Gasteiger partial charge in [-0.1, -0.05) is 23.7 Å². The number of carboxylic acids is 1. The predicted octanol–water partition coefficient (Wildman–Crippen LogP) is 6.24. The maximum absolute atomic E-state index is 13.6. The Bertz CT molecular complexity index is 1530. The van der Waals surface area contributed by atoms with E-state index in [9.17, 15) is 14.0 Å². The van der Waals surface area contributed by atoms with Crippen molar-refractivity contribution in [1.29, 1.82) is 0 Å². The van der Waals surface area contributed by atoms with Crippen molar-refractivity contribution in [3.05, 3.63) is 88.8 Å². The summed E-state index contributed by atoms with van der Waals surface area (Å²) in [5.74, 6) is -1.16. The van der Waals surface area contributed by atoms with Crippen LogP contribution >= 0.6 is 11.6 Å². The minimum atomic E-state index is -0.821. The quantitative estimate of drug-likeness (QED) is 0.257. The molecule has 1 fully saturated rings. The number of halogens is 2. The lowest BCUT2D eigenvalue weighted by Crippen LogP contribution is -2.54. The van der Waals surface area contributed by atoms with Crippen LogP contribution in [0.1, 0.15) is 42.2 Å². The minimum Gasteiger partial charge on any atom is -0.481 e. The number of benzene rings is 3. The van der Waals surface area contributed by atoms with Gasteiger partial charge in [0.25, 0.3) is 5.91 Å². The summed E-state index contributed by atoms with van der Waals surface area (Å²) in [5.41, 5.74) is 5.13. The summed E-state index contributed by atoms with van der Waals surface area (Å²) >= 11 is 6.09. The zero-order valence-electron chi connectivity index (χ0n) is 22.2. The van der Waals surface area contributed by atoms with E-state index in [-0.39, 0.29) is 24.2 Å². The third-order valence-corrected chi connectivity index (χ3v) is 7.49. The van der Waals surface area contributed by atoms with Gasteiger partial charge in [0, 0.05) is 53.9 Å². The number of unbranched alkanes of at least 4 members (excludes halogenated alkanes) is 1. The first kappa shape index (κ1) is 27.5. The molecule has 40 heavy (non-hydrogen) atoms. The highest BCUT2D eigenvalue weighted by atomic mass is 35.5. The average Bonchev–Trinajstić information content (AvgIpc) is 2.95. The van der Waals surface area contributed by atoms with Gasteiger partial charge >= 0.3 is 5.97 Å². The number of aliphatic carboxylic acids is 1. The highest BCUT2D eigenvalue weighted by Gasteiger charge is 2.28. The summed E-state index contributed by atoms with van der Waals surface area (Å²) in [7, 11) is 0. The van der Waals surface area contributed by atoms with Crippen LogP contribution in [0, 0.1) is 5.82 Å². The van der Waals surface area contributed by atoms with Crippen LogP contribution in [0.3, 0.4) is 0 Å². The molecule has 0 spiro atoms. The summed E-state index contributed by atoms with van der Waals surface area (Å²) in [4.78, 5) is 38.4. The Kier molecular flexibility index (Phi) is 8.26. The van der Waals surface area contributed by atoms with E-state index in [4.69, 9.17) is 26.7 Å². The molecule has 9 heteroatoms. The molecule has 206 valence electrons. The first-order chi connectivity index (χ1) is 19.3. The average molecular weight is 561 g/mol. The van der Waals surface area contributed by atoms with Crippen LogP contribution < -0.4 is 4.90 Å². The number of aromatic nitrogens is 2. The second kappa shape index (κ2) is 12.0. The molecule has 1 aliphatic heterocycles. The van der Waals surface area contributed by atoms with Crippen molar-refractivity contribution in [3.63, 3.8) is 0 Å². The number of piperazine rings is 1. The van der Waals surface area contributed by atoms with Crippen LogP contribution in [0.5, 0.6) is 0 Å². The van der Waals surface area contributed by atoms with Gasteiger partial charge in [-0.3, -0.25) is 9.59 Å². The molecular weight excluding hydrogens is 531 g/mol. The van der Waals surface area contributed by atoms with E-state index in [2.05, 4.69) is 4.90 Å². The van der Waals surface area contributed by atoms with Gasteiger partial charge in [0.15, 0.2) is 0 Å². The predicted molar refractivity (Wildman–Crippen MR) is 154 cm³/mol. The fourth-order valence-electron chi connectivity index (χ4n) is 5.12. The number of fused-ring (bicyclic) bond motifs is 1. The standard InChI is InChI=1S/C31H30ClFN4O3/c1-20-19-36(25-13-11-24(33)12-14-25)16-17-37(20)31(40)22-8-15-26-28(18-22)34-27(4-2-3-5-29(38)39)30(35-26)21-6-9-23(32)10-7-21/h6-15,18,20H,2-5,16-17,19H2,1H3,(H,38,39). The number of hydrogen-bond acceptors (Lipinski definition) is 5. The van der Waals surface area contributed by atoms with Gasteiger partial charge in [-0.2, -0.15) is 0 Å². The second-order valence-corrected chi connectivity index (χ2v) is 10.5. The monoisotopic (exact) mass is 560 g/mol. The normalized spacial score (nSPS) is 15.4. The Labute approximate surface area is 237 Å². The lowest BCUT2D eigenvalue weighted by atomic mass is 10.0. The summed E-state index contributed by atoms with van der Waals surface area (Å²) in [6.45, 7) is 3.86. The molecule has 7 nitrogen and oxygen atoms in total. The Morgan fingerprint density at radius 3 is 2.42 bits per heavy atom. The molecule has 1 unspecified atom stereocenters. The van der Waals surface area contributed by atoms with E-state index in [0.29, 0.717) is 60.5 Å². The number of carboxylic acid groups (broad SMARTS) is 1. The molecule has 1 saturated heterocycles. The van der Waals surface area contributed by atoms with Crippen LogP contribution in [0.4, 0.5) is 10.1 Å². The van der Waals surface area contributed by atoms with Gasteiger partial charge in [-0.15, -0.1) is 0 Å². The fourth-order valence-corrected chi connectivity index (χ4v) is 5.24. The van der Waals surface area contributed by atoms with Crippen molar-refractivity contribution in [1.82, 2.24) is 14.9 Å². The molecule has 0 saturated carbocycles. The van der Waals surface area contributed by atoms with Gasteiger partial charge < -0.3 is 14.9 Å². The second-order valence-electron chi connectivity index (χ2n) is 10.1. The maximum atomic E-state index is 13.6. The molecule has 0 aliphatic carbocycles. The smallest absolute Gasteiger partial charge is 0.303 e. The molecule has 3 aromatic carbocycles. The summed E-state index contributed by atoms with van der Waals surface area (Å²) in [5, 5.41) is 9.63. The topological polar surface area (TPSA) is 86.6 Å². The molecule has 1 aromatic heterocycles. The number of carbonyl (C=O) groups is 2. The van der Waals surface area contributed by atoms with E-state index >= 15 is 0 Å². The van der Waals surface area contributed by atoms with Crippen molar-refractivity contribution in [2.45, 2.75) is 38.6 Å².